The van der Waals surface area contributed by atoms with Crippen molar-refractivity contribution >= 4 is 12.1 Å². The van der Waals surface area contributed by atoms with Crippen LogP contribution in [0.2, 0.25) is 0 Å². The van der Waals surface area contributed by atoms with Crippen LogP contribution in [0.15, 0.2) is 41.5 Å². The molecule has 5 nitrogen and oxygen atoms in total. The quantitative estimate of drug-likeness (QED) is 0.326. The number of nitrogens with one attached hydrogen (secondary N) is 1. The summed E-state index contributed by atoms with van der Waals surface area (Å²) in [6.45, 7) is 9.87. The molecule has 1 N–H and O–H groups in total. The fraction of sp³-hybridized carbons (Fsp3) is 0.730. The lowest BCUT2D eigenvalue weighted by Gasteiger charge is -2.52. The standard InChI is InChI=1S/C28H41NO3.C9H13N/c1-17-12-26-25(29(16-17)10-11-30)15-28(32-26)9-7-21-22-5-4-19-13-20(31)6-8-27(19,3)24(22)14-23(21)18(28)2;1-10-8-7-9-5-3-2-4-6-9/h11,17,19,21-22,24-26H,4-10,12-16H2,1-3H3;2-6,10H,7-8H2,1H3. The van der Waals surface area contributed by atoms with Crippen molar-refractivity contribution in [1.29, 1.82) is 0 Å². The number of carbonyl (C=O) groups is 2. The van der Waals surface area contributed by atoms with Crippen LogP contribution in [-0.4, -0.2) is 61.4 Å². The van der Waals surface area contributed by atoms with Crippen molar-refractivity contribution in [2.24, 2.45) is 35.0 Å². The van der Waals surface area contributed by atoms with E-state index < -0.39 is 0 Å². The van der Waals surface area contributed by atoms with E-state index in [1.165, 1.54) is 31.2 Å². The van der Waals surface area contributed by atoms with E-state index in [1.807, 2.05) is 13.1 Å². The Bertz CT molecular complexity index is 1160. The van der Waals surface area contributed by atoms with Gasteiger partial charge in [0.15, 0.2) is 0 Å². The van der Waals surface area contributed by atoms with Gasteiger partial charge in [0.2, 0.25) is 0 Å². The maximum Gasteiger partial charge on any atom is 0.133 e. The SMILES string of the molecule is CC1=C2CC3C(CCC4CC(=O)CCC43C)C2CCC12CC1C(CC(C)CN1CC=O)O2.CNCCc1ccccc1. The third kappa shape index (κ3) is 5.48. The van der Waals surface area contributed by atoms with Gasteiger partial charge in [-0.1, -0.05) is 49.8 Å². The first-order chi connectivity index (χ1) is 20.3. The molecule has 4 aliphatic carbocycles. The van der Waals surface area contributed by atoms with Crippen molar-refractivity contribution in [3.05, 3.63) is 47.0 Å². The predicted octanol–water partition coefficient (Wildman–Crippen LogP) is 6.40. The van der Waals surface area contributed by atoms with Gasteiger partial charge < -0.3 is 14.8 Å². The minimum atomic E-state index is -0.0946. The molecular formula is C37H54N2O3. The molecule has 2 aliphatic heterocycles. The Morgan fingerprint density at radius 3 is 2.69 bits per heavy atom. The Morgan fingerprint density at radius 2 is 1.93 bits per heavy atom. The number of carbonyl (C=O) groups excluding carboxylic acids is 2. The molecule has 1 aromatic rings. The highest BCUT2D eigenvalue weighted by Crippen LogP contribution is 2.65. The second-order valence-corrected chi connectivity index (χ2v) is 15.0. The Labute approximate surface area is 254 Å². The third-order valence-corrected chi connectivity index (χ3v) is 12.8. The summed E-state index contributed by atoms with van der Waals surface area (Å²) < 4.78 is 7.00. The van der Waals surface area contributed by atoms with Gasteiger partial charge in [0.25, 0.3) is 0 Å². The molecule has 5 fully saturated rings. The molecule has 5 heteroatoms. The van der Waals surface area contributed by atoms with Crippen LogP contribution >= 0.6 is 0 Å². The van der Waals surface area contributed by atoms with Crippen molar-refractivity contribution in [3.63, 3.8) is 0 Å². The highest BCUT2D eigenvalue weighted by Gasteiger charge is 2.60. The van der Waals surface area contributed by atoms with Gasteiger partial charge in [-0.15, -0.1) is 0 Å². The summed E-state index contributed by atoms with van der Waals surface area (Å²) in [6.07, 6.45) is 13.7. The number of hydrogen-bond acceptors (Lipinski definition) is 5. The van der Waals surface area contributed by atoms with Crippen molar-refractivity contribution < 1.29 is 14.3 Å². The number of rotatable bonds is 5. The maximum atomic E-state index is 12.2. The van der Waals surface area contributed by atoms with Crippen LogP contribution < -0.4 is 5.32 Å². The molecule has 230 valence electrons. The number of fused-ring (bicyclic) bond motifs is 6. The minimum Gasteiger partial charge on any atom is -0.366 e. The van der Waals surface area contributed by atoms with Crippen molar-refractivity contribution in [3.8, 4) is 0 Å². The average molecular weight is 575 g/mol. The van der Waals surface area contributed by atoms with Gasteiger partial charge in [0.05, 0.1) is 18.2 Å². The first-order valence-corrected chi connectivity index (χ1v) is 17.0. The fourth-order valence-corrected chi connectivity index (χ4v) is 10.5. The maximum absolute atomic E-state index is 12.2. The number of benzene rings is 1. The van der Waals surface area contributed by atoms with Gasteiger partial charge in [-0.25, -0.2) is 0 Å². The highest BCUT2D eigenvalue weighted by atomic mass is 16.5. The summed E-state index contributed by atoms with van der Waals surface area (Å²) >= 11 is 0. The van der Waals surface area contributed by atoms with Crippen LogP contribution in [0.25, 0.3) is 0 Å². The smallest absolute Gasteiger partial charge is 0.133 e. The van der Waals surface area contributed by atoms with E-state index in [0.717, 1.165) is 82.1 Å². The molecule has 0 bridgehead atoms. The van der Waals surface area contributed by atoms with E-state index in [1.54, 1.807) is 11.1 Å². The zero-order chi connectivity index (χ0) is 29.5. The molecule has 2 heterocycles. The summed E-state index contributed by atoms with van der Waals surface area (Å²) in [7, 11) is 1.98. The molecule has 0 radical (unpaired) electrons. The Hall–Kier alpha value is -1.82. The monoisotopic (exact) mass is 574 g/mol. The molecule has 1 aromatic carbocycles. The van der Waals surface area contributed by atoms with Crippen molar-refractivity contribution in [1.82, 2.24) is 10.2 Å². The van der Waals surface area contributed by atoms with Crippen LogP contribution in [0, 0.1) is 35.0 Å². The second-order valence-electron chi connectivity index (χ2n) is 15.0. The molecule has 9 unspecified atom stereocenters. The first kappa shape index (κ1) is 30.2. The molecule has 9 atom stereocenters. The van der Waals surface area contributed by atoms with Gasteiger partial charge in [0.1, 0.15) is 12.1 Å². The molecule has 1 spiro atoms. The normalized spacial score (nSPS) is 41.0. The van der Waals surface area contributed by atoms with Gasteiger partial charge >= 0.3 is 0 Å². The lowest BCUT2D eigenvalue weighted by atomic mass is 9.52. The molecule has 2 saturated heterocycles. The number of piperidine rings is 1. The fourth-order valence-electron chi connectivity index (χ4n) is 10.5. The van der Waals surface area contributed by atoms with Gasteiger partial charge in [0, 0.05) is 25.4 Å². The first-order valence-electron chi connectivity index (χ1n) is 17.0. The lowest BCUT2D eigenvalue weighted by Crippen LogP contribution is -2.49. The molecular weight excluding hydrogens is 520 g/mol. The van der Waals surface area contributed by atoms with E-state index in [9.17, 15) is 9.59 Å². The minimum absolute atomic E-state index is 0.0946. The summed E-state index contributed by atoms with van der Waals surface area (Å²) in [5.41, 5.74) is 4.96. The Kier molecular flexibility index (Phi) is 8.84. The van der Waals surface area contributed by atoms with Crippen LogP contribution in [-0.2, 0) is 20.7 Å². The lowest BCUT2D eigenvalue weighted by molar-refractivity contribution is -0.129. The Morgan fingerprint density at radius 1 is 1.12 bits per heavy atom. The number of ether oxygens (including phenoxy) is 1. The van der Waals surface area contributed by atoms with Gasteiger partial charge in [-0.05, 0) is 124 Å². The number of aldehydes is 1. The summed E-state index contributed by atoms with van der Waals surface area (Å²) in [5.74, 6) is 4.04. The molecule has 42 heavy (non-hydrogen) atoms. The Balaban J connectivity index is 0.000000269. The molecule has 3 saturated carbocycles. The highest BCUT2D eigenvalue weighted by molar-refractivity contribution is 5.79. The molecule has 6 aliphatic rings. The number of hydrogen-bond donors (Lipinski definition) is 1. The average Bonchev–Trinajstić information content (AvgIpc) is 3.56. The van der Waals surface area contributed by atoms with E-state index in [0.29, 0.717) is 35.6 Å². The summed E-state index contributed by atoms with van der Waals surface area (Å²) in [4.78, 5) is 25.9. The van der Waals surface area contributed by atoms with Crippen molar-refractivity contribution in [2.45, 2.75) is 109 Å². The summed E-state index contributed by atoms with van der Waals surface area (Å²) in [5, 5.41) is 3.12. The van der Waals surface area contributed by atoms with E-state index in [2.05, 4.69) is 55.3 Å². The number of likely N-dealkylation sites (tertiary alicyclic amines) is 1. The van der Waals surface area contributed by atoms with Crippen LogP contribution in [0.5, 0.6) is 0 Å². The second kappa shape index (κ2) is 12.3. The molecule has 0 aromatic heterocycles. The van der Waals surface area contributed by atoms with Crippen LogP contribution in [0.4, 0.5) is 0 Å². The van der Waals surface area contributed by atoms with E-state index in [4.69, 9.17) is 4.74 Å². The molecule has 0 amide bonds. The van der Waals surface area contributed by atoms with Gasteiger partial charge in [-0.3, -0.25) is 9.69 Å². The number of nitrogens with zero attached hydrogens (tertiary/aromatic N) is 1. The third-order valence-electron chi connectivity index (χ3n) is 12.8. The topological polar surface area (TPSA) is 58.6 Å². The summed E-state index contributed by atoms with van der Waals surface area (Å²) in [6, 6.07) is 10.9. The number of likely N-dealkylation sites (N-methyl/N-ethyl adjacent to an activating group) is 1. The van der Waals surface area contributed by atoms with Crippen molar-refractivity contribution in [2.75, 3.05) is 26.7 Å². The largest absolute Gasteiger partial charge is 0.366 e. The number of Topliss-reactive ketones (excluding diaryl/α,β-unsaturated/α-hetero) is 1. The predicted molar refractivity (Wildman–Crippen MR) is 168 cm³/mol. The van der Waals surface area contributed by atoms with E-state index >= 15 is 0 Å². The molecule has 7 rings (SSSR count). The zero-order valence-electron chi connectivity index (χ0n) is 26.6. The number of allylic oxidation sites excluding steroid dienone is 1. The number of ketones is 1. The van der Waals surface area contributed by atoms with Crippen LogP contribution in [0.1, 0.15) is 90.5 Å². The van der Waals surface area contributed by atoms with Crippen LogP contribution in [0.3, 0.4) is 0 Å². The van der Waals surface area contributed by atoms with E-state index in [-0.39, 0.29) is 11.7 Å². The zero-order valence-corrected chi connectivity index (χ0v) is 26.6. The van der Waals surface area contributed by atoms with Gasteiger partial charge in [-0.2, -0.15) is 0 Å².